The lowest BCUT2D eigenvalue weighted by Gasteiger charge is -2.62. The van der Waals surface area contributed by atoms with Gasteiger partial charge in [-0.15, -0.1) is 0 Å². The molecule has 0 aromatic heterocycles. The van der Waals surface area contributed by atoms with Crippen molar-refractivity contribution in [2.24, 2.45) is 23.2 Å². The second-order valence-corrected chi connectivity index (χ2v) is 6.42. The smallest absolute Gasteiger partial charge is 0.174 e. The van der Waals surface area contributed by atoms with Gasteiger partial charge in [-0.1, -0.05) is 0 Å². The number of hydrogen-bond donors (Lipinski definition) is 1. The second-order valence-electron chi connectivity index (χ2n) is 6.42. The number of aliphatic hydroxyl groups is 1. The lowest BCUT2D eigenvalue weighted by molar-refractivity contribution is -0.305. The minimum Gasteiger partial charge on any atom is -0.396 e. The van der Waals surface area contributed by atoms with Crippen LogP contribution in [-0.4, -0.2) is 30.7 Å². The van der Waals surface area contributed by atoms with Crippen LogP contribution in [-0.2, 0) is 9.47 Å². The maximum absolute atomic E-state index is 9.68. The Morgan fingerprint density at radius 3 is 2.19 bits per heavy atom. The van der Waals surface area contributed by atoms with Gasteiger partial charge in [-0.05, 0) is 43.4 Å². The van der Waals surface area contributed by atoms with Gasteiger partial charge < -0.3 is 14.6 Å². The first-order valence-corrected chi connectivity index (χ1v) is 6.65. The summed E-state index contributed by atoms with van der Waals surface area (Å²) in [6.45, 7) is 1.90. The van der Waals surface area contributed by atoms with Gasteiger partial charge in [-0.25, -0.2) is 0 Å². The molecule has 4 saturated carbocycles. The molecule has 4 aliphatic carbocycles. The van der Waals surface area contributed by atoms with Crippen LogP contribution in [0.4, 0.5) is 0 Å². The average molecular weight is 224 g/mol. The fourth-order valence-corrected chi connectivity index (χ4v) is 5.20. The zero-order valence-electron chi connectivity index (χ0n) is 9.65. The highest BCUT2D eigenvalue weighted by Crippen LogP contribution is 2.65. The number of hydrogen-bond acceptors (Lipinski definition) is 3. The summed E-state index contributed by atoms with van der Waals surface area (Å²) in [6, 6.07) is 0. The van der Waals surface area contributed by atoms with Gasteiger partial charge in [0, 0.05) is 18.4 Å². The van der Waals surface area contributed by atoms with Crippen molar-refractivity contribution in [2.75, 3.05) is 19.8 Å². The van der Waals surface area contributed by atoms with Gasteiger partial charge in [0.1, 0.15) is 0 Å². The van der Waals surface area contributed by atoms with E-state index in [9.17, 15) is 5.11 Å². The Kier molecular flexibility index (Phi) is 1.85. The molecule has 5 aliphatic rings. The zero-order chi connectivity index (χ0) is 10.8. The summed E-state index contributed by atoms with van der Waals surface area (Å²) < 4.78 is 12.0. The van der Waals surface area contributed by atoms with Gasteiger partial charge in [-0.3, -0.25) is 0 Å². The van der Waals surface area contributed by atoms with Crippen molar-refractivity contribution in [1.29, 1.82) is 0 Å². The summed E-state index contributed by atoms with van der Waals surface area (Å²) >= 11 is 0. The quantitative estimate of drug-likeness (QED) is 0.734. The Morgan fingerprint density at radius 1 is 1.00 bits per heavy atom. The minimum absolute atomic E-state index is 0.219. The first-order valence-electron chi connectivity index (χ1n) is 6.65. The summed E-state index contributed by atoms with van der Waals surface area (Å²) in [4.78, 5) is 0. The fourth-order valence-electron chi connectivity index (χ4n) is 5.20. The van der Waals surface area contributed by atoms with Crippen LogP contribution in [0, 0.1) is 23.2 Å². The topological polar surface area (TPSA) is 38.7 Å². The molecule has 0 amide bonds. The van der Waals surface area contributed by atoms with Crippen molar-refractivity contribution in [3.8, 4) is 0 Å². The Labute approximate surface area is 96.1 Å². The lowest BCUT2D eigenvalue weighted by atomic mass is 9.47. The van der Waals surface area contributed by atoms with E-state index in [1.165, 1.54) is 19.3 Å². The molecule has 5 rings (SSSR count). The summed E-state index contributed by atoms with van der Waals surface area (Å²) in [5, 5.41) is 9.68. The van der Waals surface area contributed by atoms with Gasteiger partial charge in [-0.2, -0.15) is 0 Å². The van der Waals surface area contributed by atoms with Gasteiger partial charge in [0.05, 0.1) is 13.2 Å². The van der Waals surface area contributed by atoms with E-state index in [4.69, 9.17) is 9.47 Å². The van der Waals surface area contributed by atoms with Gasteiger partial charge in [0.2, 0.25) is 0 Å². The van der Waals surface area contributed by atoms with E-state index < -0.39 is 0 Å². The van der Waals surface area contributed by atoms with Crippen LogP contribution in [0.5, 0.6) is 0 Å². The Hall–Kier alpha value is -0.120. The normalized spacial score (nSPS) is 52.7. The van der Waals surface area contributed by atoms with Crippen molar-refractivity contribution in [3.63, 3.8) is 0 Å². The molecule has 1 heterocycles. The largest absolute Gasteiger partial charge is 0.396 e. The summed E-state index contributed by atoms with van der Waals surface area (Å²) in [6.07, 6.45) is 6.01. The van der Waals surface area contributed by atoms with E-state index in [1.807, 2.05) is 0 Å². The molecule has 1 spiro atoms. The zero-order valence-corrected chi connectivity index (χ0v) is 9.65. The Balaban J connectivity index is 1.72. The highest BCUT2D eigenvalue weighted by Gasteiger charge is 2.64. The molecule has 0 aromatic carbocycles. The first kappa shape index (κ1) is 9.86. The van der Waals surface area contributed by atoms with Crippen molar-refractivity contribution in [2.45, 2.75) is 37.9 Å². The molecule has 3 heteroatoms. The molecule has 0 radical (unpaired) electrons. The van der Waals surface area contributed by atoms with Crippen LogP contribution in [0.2, 0.25) is 0 Å². The van der Waals surface area contributed by atoms with Crippen molar-refractivity contribution >= 4 is 0 Å². The Bertz CT molecular complexity index is 290. The van der Waals surface area contributed by atoms with E-state index in [2.05, 4.69) is 0 Å². The molecule has 1 aliphatic heterocycles. The fraction of sp³-hybridized carbons (Fsp3) is 1.00. The van der Waals surface area contributed by atoms with Crippen LogP contribution < -0.4 is 0 Å². The van der Waals surface area contributed by atoms with Crippen LogP contribution in [0.25, 0.3) is 0 Å². The van der Waals surface area contributed by atoms with E-state index >= 15 is 0 Å². The summed E-state index contributed by atoms with van der Waals surface area (Å²) in [5.41, 5.74) is 0.219. The van der Waals surface area contributed by atoms with Crippen LogP contribution in [0.1, 0.15) is 32.1 Å². The van der Waals surface area contributed by atoms with Gasteiger partial charge in [0.15, 0.2) is 5.79 Å². The first-order chi connectivity index (χ1) is 7.76. The number of ether oxygens (including phenoxy) is 2. The van der Waals surface area contributed by atoms with Crippen molar-refractivity contribution in [3.05, 3.63) is 0 Å². The SMILES string of the molecule is OCC12CC3C[C@H](C1)C1(OCCO1)[C@@H](C3)C2. The van der Waals surface area contributed by atoms with E-state index in [0.717, 1.165) is 32.0 Å². The van der Waals surface area contributed by atoms with Crippen LogP contribution >= 0.6 is 0 Å². The average Bonchev–Trinajstić information content (AvgIpc) is 2.75. The molecular formula is C13H20O3. The van der Waals surface area contributed by atoms with E-state index in [-0.39, 0.29) is 11.2 Å². The minimum atomic E-state index is -0.240. The third-order valence-electron chi connectivity index (χ3n) is 5.53. The van der Waals surface area contributed by atoms with Crippen molar-refractivity contribution in [1.82, 2.24) is 0 Å². The molecule has 4 bridgehead atoms. The molecule has 4 atom stereocenters. The lowest BCUT2D eigenvalue weighted by Crippen LogP contribution is -2.62. The molecule has 16 heavy (non-hydrogen) atoms. The third-order valence-corrected chi connectivity index (χ3v) is 5.53. The number of rotatable bonds is 1. The molecule has 1 N–H and O–H groups in total. The Morgan fingerprint density at radius 2 is 1.62 bits per heavy atom. The predicted octanol–water partition coefficient (Wildman–Crippen LogP) is 1.55. The molecule has 0 aromatic rings. The molecule has 2 unspecified atom stereocenters. The van der Waals surface area contributed by atoms with E-state index in [0.29, 0.717) is 18.4 Å². The monoisotopic (exact) mass is 224 g/mol. The third kappa shape index (κ3) is 1.05. The van der Waals surface area contributed by atoms with Gasteiger partial charge >= 0.3 is 0 Å². The molecule has 90 valence electrons. The summed E-state index contributed by atoms with van der Waals surface area (Å²) in [5.74, 6) is 1.68. The summed E-state index contributed by atoms with van der Waals surface area (Å²) in [7, 11) is 0. The highest BCUT2D eigenvalue weighted by atomic mass is 16.7. The maximum Gasteiger partial charge on any atom is 0.174 e. The molecular weight excluding hydrogens is 204 g/mol. The molecule has 3 nitrogen and oxygen atoms in total. The van der Waals surface area contributed by atoms with Crippen LogP contribution in [0.15, 0.2) is 0 Å². The highest BCUT2D eigenvalue weighted by molar-refractivity contribution is 5.09. The maximum atomic E-state index is 9.68. The standard InChI is InChI=1S/C13H20O3/c14-8-12-5-9-3-10(6-12)13(11(4-9)7-12)15-1-2-16-13/h9-11,14H,1-8H2/t9?,10-,11+,12?. The second kappa shape index (κ2) is 3.01. The molecule has 1 saturated heterocycles. The van der Waals surface area contributed by atoms with Crippen LogP contribution in [0.3, 0.4) is 0 Å². The van der Waals surface area contributed by atoms with E-state index in [1.54, 1.807) is 0 Å². The molecule has 5 fully saturated rings. The van der Waals surface area contributed by atoms with Crippen molar-refractivity contribution < 1.29 is 14.6 Å². The number of aliphatic hydroxyl groups excluding tert-OH is 1. The van der Waals surface area contributed by atoms with Gasteiger partial charge in [0.25, 0.3) is 0 Å². The predicted molar refractivity (Wildman–Crippen MR) is 57.7 cm³/mol.